The van der Waals surface area contributed by atoms with Crippen molar-refractivity contribution in [3.63, 3.8) is 0 Å². The molecule has 0 atom stereocenters. The summed E-state index contributed by atoms with van der Waals surface area (Å²) < 4.78 is 1.30. The van der Waals surface area contributed by atoms with Gasteiger partial charge in [0.25, 0.3) is 0 Å². The Morgan fingerprint density at radius 1 is 1.31 bits per heavy atom. The van der Waals surface area contributed by atoms with Crippen LogP contribution in [0.2, 0.25) is 0 Å². The molecule has 2 heteroatoms. The van der Waals surface area contributed by atoms with Gasteiger partial charge in [-0.25, -0.2) is 0 Å². The molecule has 0 saturated heterocycles. The number of thioether (sulfide) groups is 1. The van der Waals surface area contributed by atoms with Crippen LogP contribution in [0, 0.1) is 5.92 Å². The van der Waals surface area contributed by atoms with Gasteiger partial charge in [0.05, 0.1) is 4.20 Å². The standard InChI is InChI=1S/C11H20S2/c1-2-3-9-13-11(12)10-7-5-4-6-8-10/h10H,2-9H2,1H3. The monoisotopic (exact) mass is 216 g/mol. The van der Waals surface area contributed by atoms with E-state index in [0.717, 1.165) is 5.92 Å². The molecule has 76 valence electrons. The van der Waals surface area contributed by atoms with Crippen molar-refractivity contribution in [3.05, 3.63) is 0 Å². The Hall–Kier alpha value is 0.440. The van der Waals surface area contributed by atoms with Gasteiger partial charge in [-0.1, -0.05) is 44.8 Å². The molecule has 1 aliphatic rings. The number of rotatable bonds is 4. The molecule has 1 saturated carbocycles. The van der Waals surface area contributed by atoms with Crippen molar-refractivity contribution in [2.75, 3.05) is 5.75 Å². The Kier molecular flexibility index (Phi) is 6.05. The molecule has 0 aromatic carbocycles. The molecule has 0 unspecified atom stereocenters. The minimum atomic E-state index is 0.769. The fourth-order valence-corrected chi connectivity index (χ4v) is 3.36. The summed E-state index contributed by atoms with van der Waals surface area (Å²) in [6, 6.07) is 0. The van der Waals surface area contributed by atoms with Crippen LogP contribution in [0.25, 0.3) is 0 Å². The average Bonchev–Trinajstić information content (AvgIpc) is 2.19. The largest absolute Gasteiger partial charge is 0.119 e. The fourth-order valence-electron chi connectivity index (χ4n) is 1.77. The number of hydrogen-bond donors (Lipinski definition) is 0. The fraction of sp³-hybridized carbons (Fsp3) is 0.909. The summed E-state index contributed by atoms with van der Waals surface area (Å²) in [5.74, 6) is 2.01. The molecule has 0 radical (unpaired) electrons. The molecular weight excluding hydrogens is 196 g/mol. The van der Waals surface area contributed by atoms with E-state index in [-0.39, 0.29) is 0 Å². The third-order valence-corrected chi connectivity index (χ3v) is 4.48. The van der Waals surface area contributed by atoms with Crippen LogP contribution in [0.5, 0.6) is 0 Å². The maximum Gasteiger partial charge on any atom is 0.0509 e. The minimum Gasteiger partial charge on any atom is -0.119 e. The van der Waals surface area contributed by atoms with Crippen LogP contribution >= 0.6 is 24.0 Å². The zero-order chi connectivity index (χ0) is 9.52. The maximum atomic E-state index is 5.45. The van der Waals surface area contributed by atoms with E-state index >= 15 is 0 Å². The van der Waals surface area contributed by atoms with Crippen molar-refractivity contribution in [2.45, 2.75) is 51.9 Å². The van der Waals surface area contributed by atoms with Crippen molar-refractivity contribution in [1.82, 2.24) is 0 Å². The summed E-state index contributed by atoms with van der Waals surface area (Å²) in [4.78, 5) is 0. The normalized spacial score (nSPS) is 18.8. The SMILES string of the molecule is CCCCSC(=S)C1CCCCC1. The molecule has 0 bridgehead atoms. The number of thiocarbonyl (C=S) groups is 1. The molecule has 0 spiro atoms. The zero-order valence-corrected chi connectivity index (χ0v) is 10.2. The summed E-state index contributed by atoms with van der Waals surface area (Å²) in [6.45, 7) is 2.24. The highest BCUT2D eigenvalue weighted by Gasteiger charge is 2.17. The third kappa shape index (κ3) is 4.46. The Labute approximate surface area is 91.9 Å². The lowest BCUT2D eigenvalue weighted by Gasteiger charge is -2.21. The van der Waals surface area contributed by atoms with Crippen molar-refractivity contribution < 1.29 is 0 Å². The van der Waals surface area contributed by atoms with E-state index in [1.54, 1.807) is 0 Å². The summed E-state index contributed by atoms with van der Waals surface area (Å²) in [6.07, 6.45) is 9.56. The Bertz CT molecular complexity index is 148. The first-order chi connectivity index (χ1) is 6.34. The van der Waals surface area contributed by atoms with Crippen molar-refractivity contribution in [2.24, 2.45) is 5.92 Å². The minimum absolute atomic E-state index is 0.769. The third-order valence-electron chi connectivity index (χ3n) is 2.68. The van der Waals surface area contributed by atoms with E-state index in [1.165, 1.54) is 54.9 Å². The van der Waals surface area contributed by atoms with Gasteiger partial charge in [-0.05, 0) is 25.0 Å². The van der Waals surface area contributed by atoms with Crippen molar-refractivity contribution >= 4 is 28.2 Å². The van der Waals surface area contributed by atoms with Gasteiger partial charge in [0.1, 0.15) is 0 Å². The van der Waals surface area contributed by atoms with Crippen LogP contribution in [0.3, 0.4) is 0 Å². The Morgan fingerprint density at radius 2 is 2.00 bits per heavy atom. The summed E-state index contributed by atoms with van der Waals surface area (Å²) in [7, 11) is 0. The van der Waals surface area contributed by atoms with Gasteiger partial charge in [0.15, 0.2) is 0 Å². The second-order valence-corrected chi connectivity index (χ2v) is 5.69. The smallest absolute Gasteiger partial charge is 0.0509 e. The molecule has 0 amide bonds. The predicted molar refractivity (Wildman–Crippen MR) is 66.5 cm³/mol. The van der Waals surface area contributed by atoms with Gasteiger partial charge in [-0.2, -0.15) is 0 Å². The lowest BCUT2D eigenvalue weighted by molar-refractivity contribution is 0.446. The number of unbranched alkanes of at least 4 members (excludes halogenated alkanes) is 1. The van der Waals surface area contributed by atoms with Gasteiger partial charge in [0.2, 0.25) is 0 Å². The van der Waals surface area contributed by atoms with Gasteiger partial charge in [-0.3, -0.25) is 0 Å². The molecule has 0 aliphatic heterocycles. The second-order valence-electron chi connectivity index (χ2n) is 3.86. The first-order valence-electron chi connectivity index (χ1n) is 5.51. The van der Waals surface area contributed by atoms with E-state index in [9.17, 15) is 0 Å². The van der Waals surface area contributed by atoms with Crippen LogP contribution in [0.4, 0.5) is 0 Å². The van der Waals surface area contributed by atoms with Crippen molar-refractivity contribution in [3.8, 4) is 0 Å². The van der Waals surface area contributed by atoms with Gasteiger partial charge in [-0.15, -0.1) is 11.8 Å². The van der Waals surface area contributed by atoms with E-state index in [0.29, 0.717) is 0 Å². The van der Waals surface area contributed by atoms with Gasteiger partial charge >= 0.3 is 0 Å². The van der Waals surface area contributed by atoms with Crippen LogP contribution < -0.4 is 0 Å². The molecule has 0 N–H and O–H groups in total. The zero-order valence-electron chi connectivity index (χ0n) is 8.55. The first kappa shape index (κ1) is 11.5. The lowest BCUT2D eigenvalue weighted by atomic mass is 9.91. The number of hydrogen-bond acceptors (Lipinski definition) is 2. The summed E-state index contributed by atoms with van der Waals surface area (Å²) >= 11 is 7.39. The molecule has 1 aliphatic carbocycles. The highest BCUT2D eigenvalue weighted by Crippen LogP contribution is 2.29. The molecule has 13 heavy (non-hydrogen) atoms. The average molecular weight is 216 g/mol. The molecule has 0 aromatic heterocycles. The highest BCUT2D eigenvalue weighted by molar-refractivity contribution is 8.23. The highest BCUT2D eigenvalue weighted by atomic mass is 32.2. The van der Waals surface area contributed by atoms with Crippen molar-refractivity contribution in [1.29, 1.82) is 0 Å². The van der Waals surface area contributed by atoms with E-state index < -0.39 is 0 Å². The molecule has 1 rings (SSSR count). The van der Waals surface area contributed by atoms with E-state index in [4.69, 9.17) is 12.2 Å². The van der Waals surface area contributed by atoms with E-state index in [1.807, 2.05) is 11.8 Å². The summed E-state index contributed by atoms with van der Waals surface area (Å²) in [5.41, 5.74) is 0. The molecular formula is C11H20S2. The van der Waals surface area contributed by atoms with Crippen LogP contribution in [-0.2, 0) is 0 Å². The molecule has 0 aromatic rings. The molecule has 0 nitrogen and oxygen atoms in total. The second kappa shape index (κ2) is 6.83. The lowest BCUT2D eigenvalue weighted by Crippen LogP contribution is -2.13. The topological polar surface area (TPSA) is 0 Å². The van der Waals surface area contributed by atoms with E-state index in [2.05, 4.69) is 6.92 Å². The Balaban J connectivity index is 2.13. The van der Waals surface area contributed by atoms with Gasteiger partial charge < -0.3 is 0 Å². The van der Waals surface area contributed by atoms with Gasteiger partial charge in [0, 0.05) is 5.92 Å². The maximum absolute atomic E-state index is 5.45. The summed E-state index contributed by atoms with van der Waals surface area (Å²) in [5, 5.41) is 0. The van der Waals surface area contributed by atoms with Crippen LogP contribution in [-0.4, -0.2) is 9.95 Å². The predicted octanol–water partition coefficient (Wildman–Crippen LogP) is 4.43. The molecule has 1 fully saturated rings. The quantitative estimate of drug-likeness (QED) is 0.504. The van der Waals surface area contributed by atoms with Crippen LogP contribution in [0.1, 0.15) is 51.9 Å². The van der Waals surface area contributed by atoms with Crippen LogP contribution in [0.15, 0.2) is 0 Å². The molecule has 0 heterocycles. The Morgan fingerprint density at radius 3 is 2.62 bits per heavy atom. The first-order valence-corrected chi connectivity index (χ1v) is 6.90.